The first-order valence-corrected chi connectivity index (χ1v) is 6.99. The molecule has 1 heterocycles. The zero-order valence-corrected chi connectivity index (χ0v) is 13.1. The molecule has 0 aliphatic heterocycles. The summed E-state index contributed by atoms with van der Waals surface area (Å²) in [7, 11) is 1.32. The fourth-order valence-corrected chi connectivity index (χ4v) is 2.20. The van der Waals surface area contributed by atoms with Gasteiger partial charge in [-0.1, -0.05) is 12.1 Å². The summed E-state index contributed by atoms with van der Waals surface area (Å²) in [5, 5.41) is 14.2. The number of aryl methyl sites for hydroxylation is 1. The third kappa shape index (κ3) is 3.63. The number of nitro groups is 1. The molecule has 1 aromatic carbocycles. The summed E-state index contributed by atoms with van der Waals surface area (Å²) in [6, 6.07) is 8.22. The van der Waals surface area contributed by atoms with Crippen molar-refractivity contribution in [2.24, 2.45) is 0 Å². The summed E-state index contributed by atoms with van der Waals surface area (Å²) in [5.41, 5.74) is 1.82. The molecule has 0 unspecified atom stereocenters. The van der Waals surface area contributed by atoms with Crippen LogP contribution < -0.4 is 5.32 Å². The molecule has 0 aliphatic rings. The SMILES string of the molecule is COC(=O)c1ccc([C@H](C)Nc2nccc(C)c2[N+](=O)[O-])cc1. The largest absolute Gasteiger partial charge is 0.465 e. The Labute approximate surface area is 133 Å². The van der Waals surface area contributed by atoms with Gasteiger partial charge in [0.2, 0.25) is 5.82 Å². The van der Waals surface area contributed by atoms with Crippen molar-refractivity contribution in [3.05, 3.63) is 63.3 Å². The summed E-state index contributed by atoms with van der Waals surface area (Å²) in [6.45, 7) is 3.53. The number of rotatable bonds is 5. The van der Waals surface area contributed by atoms with Crippen LogP contribution >= 0.6 is 0 Å². The first-order valence-electron chi connectivity index (χ1n) is 6.99. The van der Waals surface area contributed by atoms with E-state index in [4.69, 9.17) is 0 Å². The number of carbonyl (C=O) groups excluding carboxylic acids is 1. The van der Waals surface area contributed by atoms with E-state index in [2.05, 4.69) is 15.0 Å². The molecule has 7 nitrogen and oxygen atoms in total. The number of esters is 1. The highest BCUT2D eigenvalue weighted by atomic mass is 16.6. The molecule has 0 fully saturated rings. The van der Waals surface area contributed by atoms with Crippen LogP contribution in [0.4, 0.5) is 11.5 Å². The number of benzene rings is 1. The number of pyridine rings is 1. The minimum Gasteiger partial charge on any atom is -0.465 e. The highest BCUT2D eigenvalue weighted by molar-refractivity contribution is 5.89. The van der Waals surface area contributed by atoms with Crippen LogP contribution in [-0.4, -0.2) is 23.0 Å². The van der Waals surface area contributed by atoms with Crippen molar-refractivity contribution in [3.8, 4) is 0 Å². The van der Waals surface area contributed by atoms with Crippen molar-refractivity contribution in [1.29, 1.82) is 0 Å². The van der Waals surface area contributed by atoms with Gasteiger partial charge in [0.05, 0.1) is 23.6 Å². The minimum atomic E-state index is -0.447. The number of nitrogens with one attached hydrogen (secondary N) is 1. The fourth-order valence-electron chi connectivity index (χ4n) is 2.20. The molecule has 0 radical (unpaired) electrons. The van der Waals surface area contributed by atoms with Crippen LogP contribution in [0, 0.1) is 17.0 Å². The van der Waals surface area contributed by atoms with Crippen molar-refractivity contribution >= 4 is 17.5 Å². The molecule has 7 heteroatoms. The second kappa shape index (κ2) is 6.87. The number of nitrogens with zero attached hydrogens (tertiary/aromatic N) is 2. The Morgan fingerprint density at radius 1 is 1.30 bits per heavy atom. The van der Waals surface area contributed by atoms with Crippen molar-refractivity contribution < 1.29 is 14.5 Å². The molecule has 0 saturated heterocycles. The molecule has 120 valence electrons. The van der Waals surface area contributed by atoms with Crippen LogP contribution in [0.15, 0.2) is 36.5 Å². The smallest absolute Gasteiger partial charge is 0.337 e. The van der Waals surface area contributed by atoms with Gasteiger partial charge in [0.15, 0.2) is 0 Å². The lowest BCUT2D eigenvalue weighted by Gasteiger charge is -2.15. The molecule has 0 spiro atoms. The number of anilines is 1. The number of hydrogen-bond donors (Lipinski definition) is 1. The van der Waals surface area contributed by atoms with E-state index in [9.17, 15) is 14.9 Å². The van der Waals surface area contributed by atoms with E-state index < -0.39 is 10.9 Å². The molecule has 0 aliphatic carbocycles. The maximum absolute atomic E-state index is 11.4. The van der Waals surface area contributed by atoms with Crippen LogP contribution in [0.25, 0.3) is 0 Å². The Kier molecular flexibility index (Phi) is 4.90. The Morgan fingerprint density at radius 2 is 1.96 bits per heavy atom. The topological polar surface area (TPSA) is 94.4 Å². The van der Waals surface area contributed by atoms with E-state index in [1.165, 1.54) is 13.3 Å². The van der Waals surface area contributed by atoms with Crippen LogP contribution in [0.3, 0.4) is 0 Å². The molecule has 0 saturated carbocycles. The monoisotopic (exact) mass is 315 g/mol. The van der Waals surface area contributed by atoms with Crippen LogP contribution in [0.5, 0.6) is 0 Å². The van der Waals surface area contributed by atoms with E-state index in [1.807, 2.05) is 6.92 Å². The van der Waals surface area contributed by atoms with Crippen LogP contribution in [-0.2, 0) is 4.74 Å². The first-order chi connectivity index (χ1) is 10.9. The van der Waals surface area contributed by atoms with Crippen molar-refractivity contribution in [1.82, 2.24) is 4.98 Å². The van der Waals surface area contributed by atoms with E-state index in [1.54, 1.807) is 37.3 Å². The second-order valence-electron chi connectivity index (χ2n) is 5.06. The quantitative estimate of drug-likeness (QED) is 0.517. The summed E-state index contributed by atoms with van der Waals surface area (Å²) in [5.74, 6) is -0.187. The molecule has 0 amide bonds. The molecule has 2 aromatic rings. The van der Waals surface area contributed by atoms with Gasteiger partial charge in [0.25, 0.3) is 0 Å². The van der Waals surface area contributed by atoms with E-state index in [0.29, 0.717) is 11.1 Å². The van der Waals surface area contributed by atoms with Gasteiger partial charge in [-0.25, -0.2) is 9.78 Å². The molecule has 1 N–H and O–H groups in total. The van der Waals surface area contributed by atoms with Gasteiger partial charge < -0.3 is 10.1 Å². The molecule has 1 aromatic heterocycles. The van der Waals surface area contributed by atoms with Gasteiger partial charge in [-0.3, -0.25) is 10.1 Å². The van der Waals surface area contributed by atoms with Crippen molar-refractivity contribution in [2.75, 3.05) is 12.4 Å². The normalized spacial score (nSPS) is 11.6. The lowest BCUT2D eigenvalue weighted by atomic mass is 10.1. The average molecular weight is 315 g/mol. The third-order valence-electron chi connectivity index (χ3n) is 3.49. The Hall–Kier alpha value is -2.96. The lowest BCUT2D eigenvalue weighted by Crippen LogP contribution is -2.11. The predicted molar refractivity (Wildman–Crippen MR) is 85.4 cm³/mol. The van der Waals surface area contributed by atoms with Crippen LogP contribution in [0.1, 0.15) is 34.5 Å². The maximum Gasteiger partial charge on any atom is 0.337 e. The second-order valence-corrected chi connectivity index (χ2v) is 5.06. The molecule has 0 bridgehead atoms. The molecule has 1 atom stereocenters. The number of carbonyl (C=O) groups is 1. The van der Waals surface area contributed by atoms with Gasteiger partial charge in [-0.05, 0) is 37.6 Å². The number of methoxy groups -OCH3 is 1. The van der Waals surface area contributed by atoms with Gasteiger partial charge in [0, 0.05) is 11.8 Å². The first kappa shape index (κ1) is 16.4. The number of ether oxygens (including phenoxy) is 1. The summed E-state index contributed by atoms with van der Waals surface area (Å²) >= 11 is 0. The van der Waals surface area contributed by atoms with Gasteiger partial charge in [-0.2, -0.15) is 0 Å². The Bertz CT molecular complexity index is 729. The van der Waals surface area contributed by atoms with E-state index in [0.717, 1.165) is 5.56 Å². The molecular weight excluding hydrogens is 298 g/mol. The summed E-state index contributed by atoms with van der Waals surface area (Å²) in [4.78, 5) is 26.2. The lowest BCUT2D eigenvalue weighted by molar-refractivity contribution is -0.384. The maximum atomic E-state index is 11.4. The molecular formula is C16H17N3O4. The molecule has 23 heavy (non-hydrogen) atoms. The Morgan fingerprint density at radius 3 is 2.52 bits per heavy atom. The van der Waals surface area contributed by atoms with Crippen molar-refractivity contribution in [3.63, 3.8) is 0 Å². The average Bonchev–Trinajstić information content (AvgIpc) is 2.54. The predicted octanol–water partition coefficient (Wildman–Crippen LogP) is 3.26. The van der Waals surface area contributed by atoms with E-state index >= 15 is 0 Å². The summed E-state index contributed by atoms with van der Waals surface area (Å²) < 4.78 is 4.65. The minimum absolute atomic E-state index is 0.0365. The highest BCUT2D eigenvalue weighted by Crippen LogP contribution is 2.28. The standard InChI is InChI=1S/C16H17N3O4/c1-10-8-9-17-15(14(10)19(21)22)18-11(2)12-4-6-13(7-5-12)16(20)23-3/h4-9,11H,1-3H3,(H,17,18)/t11-/m0/s1. The number of aromatic nitrogens is 1. The fraction of sp³-hybridized carbons (Fsp3) is 0.250. The van der Waals surface area contributed by atoms with Gasteiger partial charge in [-0.15, -0.1) is 0 Å². The van der Waals surface area contributed by atoms with Crippen LogP contribution in [0.2, 0.25) is 0 Å². The highest BCUT2D eigenvalue weighted by Gasteiger charge is 2.20. The summed E-state index contributed by atoms with van der Waals surface area (Å²) in [6.07, 6.45) is 1.53. The Balaban J connectivity index is 2.23. The third-order valence-corrected chi connectivity index (χ3v) is 3.49. The number of hydrogen-bond acceptors (Lipinski definition) is 6. The molecule has 2 rings (SSSR count). The van der Waals surface area contributed by atoms with Gasteiger partial charge in [0.1, 0.15) is 0 Å². The van der Waals surface area contributed by atoms with E-state index in [-0.39, 0.29) is 17.5 Å². The van der Waals surface area contributed by atoms with Crippen molar-refractivity contribution in [2.45, 2.75) is 19.9 Å². The van der Waals surface area contributed by atoms with Gasteiger partial charge >= 0.3 is 11.7 Å². The zero-order valence-electron chi connectivity index (χ0n) is 13.1. The zero-order chi connectivity index (χ0) is 17.0.